The molecule has 0 unspecified atom stereocenters. The second-order valence-electron chi connectivity index (χ2n) is 5.46. The number of nitrogens with zero attached hydrogens (tertiary/aromatic N) is 2. The molecule has 1 N–H and O–H groups in total. The van der Waals surface area contributed by atoms with Crippen LogP contribution in [0.1, 0.15) is 23.1 Å². The first-order valence-corrected chi connectivity index (χ1v) is 7.23. The van der Waals surface area contributed by atoms with Gasteiger partial charge in [0.25, 0.3) is 0 Å². The molecule has 3 heteroatoms. The molecule has 0 atom stereocenters. The topological polar surface area (TPSA) is 28.2 Å². The first-order valence-electron chi connectivity index (χ1n) is 7.23. The van der Waals surface area contributed by atoms with E-state index in [1.165, 1.54) is 35.2 Å². The molecule has 2 heterocycles. The van der Waals surface area contributed by atoms with Crippen LogP contribution in [0.4, 0.5) is 11.5 Å². The third-order valence-corrected chi connectivity index (χ3v) is 3.90. The third kappa shape index (κ3) is 2.62. The highest BCUT2D eigenvalue weighted by Gasteiger charge is 2.16. The van der Waals surface area contributed by atoms with Crippen molar-refractivity contribution in [1.82, 2.24) is 4.98 Å². The van der Waals surface area contributed by atoms with Gasteiger partial charge in [-0.15, -0.1) is 0 Å². The fraction of sp³-hybridized carbons (Fsp3) is 0.353. The summed E-state index contributed by atoms with van der Waals surface area (Å²) in [7, 11) is 1.91. The molecule has 0 fully saturated rings. The van der Waals surface area contributed by atoms with Crippen LogP contribution >= 0.6 is 0 Å². The maximum atomic E-state index is 4.28. The maximum Gasteiger partial charge on any atom is 0.125 e. The summed E-state index contributed by atoms with van der Waals surface area (Å²) in [4.78, 5) is 6.76. The summed E-state index contributed by atoms with van der Waals surface area (Å²) in [6, 6.07) is 11.0. The van der Waals surface area contributed by atoms with E-state index in [0.29, 0.717) is 0 Å². The number of rotatable bonds is 3. The van der Waals surface area contributed by atoms with Crippen LogP contribution in [0, 0.1) is 6.92 Å². The van der Waals surface area contributed by atoms with Crippen molar-refractivity contribution >= 4 is 11.5 Å². The monoisotopic (exact) mass is 267 g/mol. The number of fused-ring (bicyclic) bond motifs is 1. The normalized spacial score (nSPS) is 14.0. The zero-order chi connectivity index (χ0) is 13.9. The Labute approximate surface area is 120 Å². The Morgan fingerprint density at radius 3 is 3.00 bits per heavy atom. The highest BCUT2D eigenvalue weighted by Crippen LogP contribution is 2.29. The molecule has 0 aliphatic carbocycles. The van der Waals surface area contributed by atoms with Gasteiger partial charge in [-0.25, -0.2) is 4.98 Å². The molecular formula is C17H21N3. The van der Waals surface area contributed by atoms with E-state index in [0.717, 1.165) is 18.9 Å². The number of hydrogen-bond donors (Lipinski definition) is 1. The van der Waals surface area contributed by atoms with Crippen LogP contribution in [-0.4, -0.2) is 18.6 Å². The van der Waals surface area contributed by atoms with E-state index >= 15 is 0 Å². The molecule has 1 aliphatic rings. The number of aromatic nitrogens is 1. The summed E-state index contributed by atoms with van der Waals surface area (Å²) < 4.78 is 0. The van der Waals surface area contributed by atoms with Crippen molar-refractivity contribution in [2.75, 3.05) is 23.8 Å². The van der Waals surface area contributed by atoms with Gasteiger partial charge in [-0.3, -0.25) is 0 Å². The Bertz CT molecular complexity index is 607. The van der Waals surface area contributed by atoms with Gasteiger partial charge >= 0.3 is 0 Å². The van der Waals surface area contributed by atoms with Gasteiger partial charge in [0.2, 0.25) is 0 Å². The van der Waals surface area contributed by atoms with Gasteiger partial charge in [-0.05, 0) is 49.1 Å². The van der Waals surface area contributed by atoms with Crippen molar-refractivity contribution < 1.29 is 0 Å². The molecular weight excluding hydrogens is 246 g/mol. The van der Waals surface area contributed by atoms with Crippen molar-refractivity contribution in [3.8, 4) is 0 Å². The van der Waals surface area contributed by atoms with E-state index in [9.17, 15) is 0 Å². The minimum atomic E-state index is 0.934. The molecule has 0 bridgehead atoms. The van der Waals surface area contributed by atoms with E-state index in [-0.39, 0.29) is 0 Å². The second kappa shape index (κ2) is 5.53. The number of hydrogen-bond acceptors (Lipinski definition) is 3. The molecule has 1 aromatic carbocycles. The van der Waals surface area contributed by atoms with E-state index < -0.39 is 0 Å². The molecule has 20 heavy (non-hydrogen) atoms. The lowest BCUT2D eigenvalue weighted by molar-refractivity contribution is 0.690. The Kier molecular flexibility index (Phi) is 3.59. The van der Waals surface area contributed by atoms with E-state index in [1.54, 1.807) is 0 Å². The smallest absolute Gasteiger partial charge is 0.125 e. The molecule has 3 rings (SSSR count). The van der Waals surface area contributed by atoms with Crippen LogP contribution in [0.25, 0.3) is 0 Å². The van der Waals surface area contributed by atoms with Crippen LogP contribution in [-0.2, 0) is 13.0 Å². The van der Waals surface area contributed by atoms with E-state index in [4.69, 9.17) is 0 Å². The van der Waals surface area contributed by atoms with Gasteiger partial charge in [0, 0.05) is 32.0 Å². The zero-order valence-corrected chi connectivity index (χ0v) is 12.2. The van der Waals surface area contributed by atoms with Crippen molar-refractivity contribution in [1.29, 1.82) is 0 Å². The van der Waals surface area contributed by atoms with Crippen LogP contribution in [0.3, 0.4) is 0 Å². The summed E-state index contributed by atoms with van der Waals surface area (Å²) in [6.07, 6.45) is 4.31. The van der Waals surface area contributed by atoms with Crippen LogP contribution in [0.2, 0.25) is 0 Å². The van der Waals surface area contributed by atoms with Gasteiger partial charge in [0.05, 0.1) is 0 Å². The fourth-order valence-corrected chi connectivity index (χ4v) is 2.90. The van der Waals surface area contributed by atoms with Gasteiger partial charge in [-0.1, -0.05) is 17.7 Å². The van der Waals surface area contributed by atoms with Gasteiger partial charge in [0.1, 0.15) is 5.82 Å². The van der Waals surface area contributed by atoms with Crippen molar-refractivity contribution in [2.45, 2.75) is 26.3 Å². The molecule has 0 amide bonds. The highest BCUT2D eigenvalue weighted by atomic mass is 15.1. The average Bonchev–Trinajstić information content (AvgIpc) is 2.47. The van der Waals surface area contributed by atoms with E-state index in [1.807, 2.05) is 13.2 Å². The largest absolute Gasteiger partial charge is 0.373 e. The maximum absolute atomic E-state index is 4.28. The Hall–Kier alpha value is -2.03. The number of anilines is 2. The SMILES string of the molecule is CNc1cc(CN2CCCc3cc(C)ccc32)ccn1. The van der Waals surface area contributed by atoms with Crippen LogP contribution in [0.5, 0.6) is 0 Å². The van der Waals surface area contributed by atoms with Gasteiger partial charge in [-0.2, -0.15) is 0 Å². The highest BCUT2D eigenvalue weighted by molar-refractivity contribution is 5.57. The van der Waals surface area contributed by atoms with Crippen molar-refractivity contribution in [2.24, 2.45) is 0 Å². The third-order valence-electron chi connectivity index (χ3n) is 3.90. The fourth-order valence-electron chi connectivity index (χ4n) is 2.90. The Balaban J connectivity index is 1.85. The van der Waals surface area contributed by atoms with Crippen molar-refractivity contribution in [3.05, 3.63) is 53.2 Å². The molecule has 0 saturated heterocycles. The standard InChI is InChI=1S/C17H21N3/c1-13-5-6-16-15(10-13)4-3-9-20(16)12-14-7-8-19-17(11-14)18-2/h5-8,10-11H,3-4,9,12H2,1-2H3,(H,18,19). The predicted molar refractivity (Wildman–Crippen MR) is 84.3 cm³/mol. The molecule has 1 aromatic heterocycles. The van der Waals surface area contributed by atoms with Crippen LogP contribution in [0.15, 0.2) is 36.5 Å². The summed E-state index contributed by atoms with van der Waals surface area (Å²) in [6.45, 7) is 4.25. The summed E-state index contributed by atoms with van der Waals surface area (Å²) >= 11 is 0. The van der Waals surface area contributed by atoms with Gasteiger partial charge in [0.15, 0.2) is 0 Å². The lowest BCUT2D eigenvalue weighted by Gasteiger charge is -2.31. The Morgan fingerprint density at radius 2 is 2.15 bits per heavy atom. The molecule has 1 aliphatic heterocycles. The number of pyridine rings is 1. The average molecular weight is 267 g/mol. The van der Waals surface area contributed by atoms with E-state index in [2.05, 4.69) is 52.5 Å². The number of benzene rings is 1. The molecule has 104 valence electrons. The minimum absolute atomic E-state index is 0.934. The summed E-state index contributed by atoms with van der Waals surface area (Å²) in [5.74, 6) is 0.934. The zero-order valence-electron chi connectivity index (χ0n) is 12.2. The molecule has 0 saturated carbocycles. The predicted octanol–water partition coefficient (Wildman–Crippen LogP) is 3.38. The molecule has 0 spiro atoms. The molecule has 2 aromatic rings. The second-order valence-corrected chi connectivity index (χ2v) is 5.46. The molecule has 3 nitrogen and oxygen atoms in total. The quantitative estimate of drug-likeness (QED) is 0.924. The lowest BCUT2D eigenvalue weighted by Crippen LogP contribution is -2.28. The summed E-state index contributed by atoms with van der Waals surface area (Å²) in [5, 5.41) is 3.10. The van der Waals surface area contributed by atoms with Crippen molar-refractivity contribution in [3.63, 3.8) is 0 Å². The lowest BCUT2D eigenvalue weighted by atomic mass is 9.99. The van der Waals surface area contributed by atoms with Crippen LogP contribution < -0.4 is 10.2 Å². The minimum Gasteiger partial charge on any atom is -0.373 e. The number of nitrogens with one attached hydrogen (secondary N) is 1. The molecule has 0 radical (unpaired) electrons. The Morgan fingerprint density at radius 1 is 1.25 bits per heavy atom. The number of aryl methyl sites for hydroxylation is 2. The first kappa shape index (κ1) is 13.0. The summed E-state index contributed by atoms with van der Waals surface area (Å²) in [5.41, 5.74) is 5.54. The van der Waals surface area contributed by atoms with Gasteiger partial charge < -0.3 is 10.2 Å². The first-order chi connectivity index (χ1) is 9.76.